The molecule has 4 atom stereocenters. The third-order valence-electron chi connectivity index (χ3n) is 3.87. The molecule has 1 aromatic carbocycles. The summed E-state index contributed by atoms with van der Waals surface area (Å²) in [4.78, 5) is 12.5. The third-order valence-corrected chi connectivity index (χ3v) is 4.68. The van der Waals surface area contributed by atoms with E-state index in [2.05, 4.69) is 17.6 Å². The Hall–Kier alpha value is -1.36. The van der Waals surface area contributed by atoms with E-state index >= 15 is 0 Å². The maximum Gasteiger partial charge on any atom is 0.227 e. The summed E-state index contributed by atoms with van der Waals surface area (Å²) in [6.07, 6.45) is 3.24. The van der Waals surface area contributed by atoms with Gasteiger partial charge in [0.1, 0.15) is 0 Å². The lowest BCUT2D eigenvalue weighted by Crippen LogP contribution is -2.40. The Morgan fingerprint density at radius 3 is 2.90 bits per heavy atom. The number of para-hydroxylation sites is 1. The summed E-state index contributed by atoms with van der Waals surface area (Å²) in [5, 5.41) is 6.48. The van der Waals surface area contributed by atoms with Crippen molar-refractivity contribution in [3.05, 3.63) is 29.8 Å². The van der Waals surface area contributed by atoms with Gasteiger partial charge in [0.2, 0.25) is 5.91 Å². The fraction of sp³-hybridized carbons (Fsp3) is 0.562. The van der Waals surface area contributed by atoms with Crippen LogP contribution in [0.3, 0.4) is 0 Å². The van der Waals surface area contributed by atoms with Crippen molar-refractivity contribution >= 4 is 22.4 Å². The van der Waals surface area contributed by atoms with Gasteiger partial charge in [-0.1, -0.05) is 18.2 Å². The molecule has 0 radical (unpaired) electrons. The number of carbonyl (C=O) groups excluding carboxylic acids is 1. The minimum absolute atomic E-state index is 0.0544. The summed E-state index contributed by atoms with van der Waals surface area (Å²) in [6.45, 7) is 4.07. The zero-order valence-electron chi connectivity index (χ0n) is 12.9. The quantitative estimate of drug-likeness (QED) is 0.877. The van der Waals surface area contributed by atoms with Crippen LogP contribution in [0.25, 0.3) is 0 Å². The van der Waals surface area contributed by atoms with Gasteiger partial charge in [-0.15, -0.1) is 0 Å². The van der Waals surface area contributed by atoms with Gasteiger partial charge in [-0.25, -0.2) is 0 Å². The van der Waals surface area contributed by atoms with Crippen molar-refractivity contribution in [2.75, 3.05) is 17.3 Å². The van der Waals surface area contributed by atoms with Gasteiger partial charge >= 0.3 is 0 Å². The van der Waals surface area contributed by atoms with E-state index in [4.69, 9.17) is 0 Å². The first-order valence-corrected chi connectivity index (χ1v) is 9.16. The van der Waals surface area contributed by atoms with Crippen LogP contribution in [-0.2, 0) is 15.6 Å². The second-order valence-electron chi connectivity index (χ2n) is 5.90. The summed E-state index contributed by atoms with van der Waals surface area (Å²) < 4.78 is 11.1. The molecular weight excluding hydrogens is 284 g/mol. The molecule has 116 valence electrons. The van der Waals surface area contributed by atoms with Crippen molar-refractivity contribution in [3.63, 3.8) is 0 Å². The Morgan fingerprint density at radius 1 is 1.48 bits per heavy atom. The Balaban J connectivity index is 2.04. The fourth-order valence-electron chi connectivity index (χ4n) is 2.74. The normalized spacial score (nSPS) is 23.6. The smallest absolute Gasteiger partial charge is 0.227 e. The van der Waals surface area contributed by atoms with Crippen molar-refractivity contribution in [1.82, 2.24) is 5.32 Å². The number of hydrogen-bond donors (Lipinski definition) is 2. The van der Waals surface area contributed by atoms with Crippen molar-refractivity contribution in [3.8, 4) is 0 Å². The molecule has 1 heterocycles. The average molecular weight is 308 g/mol. The highest BCUT2D eigenvalue weighted by Gasteiger charge is 2.29. The van der Waals surface area contributed by atoms with Gasteiger partial charge in [0, 0.05) is 40.6 Å². The summed E-state index contributed by atoms with van der Waals surface area (Å²) in [6, 6.07) is 8.34. The molecule has 1 amide bonds. The van der Waals surface area contributed by atoms with E-state index in [1.54, 1.807) is 6.26 Å². The van der Waals surface area contributed by atoms with Crippen LogP contribution in [0.4, 0.5) is 5.69 Å². The Kier molecular flexibility index (Phi) is 5.39. The first-order chi connectivity index (χ1) is 9.97. The SMILES string of the molecule is CC(CCS(C)=O)NC(=O)C1CC(C)Nc2ccccc21. The molecular formula is C16H24N2O2S. The number of nitrogens with one attached hydrogen (secondary N) is 2. The molecule has 5 heteroatoms. The minimum Gasteiger partial charge on any atom is -0.382 e. The molecule has 0 bridgehead atoms. The molecule has 0 aromatic heterocycles. The number of rotatable bonds is 5. The highest BCUT2D eigenvalue weighted by Crippen LogP contribution is 2.34. The third kappa shape index (κ3) is 4.30. The molecule has 0 saturated heterocycles. The molecule has 4 unspecified atom stereocenters. The second kappa shape index (κ2) is 7.07. The molecule has 1 aliphatic heterocycles. The molecule has 0 aliphatic carbocycles. The van der Waals surface area contributed by atoms with Gasteiger partial charge in [-0.3, -0.25) is 9.00 Å². The van der Waals surface area contributed by atoms with Gasteiger partial charge in [-0.05, 0) is 38.3 Å². The second-order valence-corrected chi connectivity index (χ2v) is 7.45. The fourth-order valence-corrected chi connectivity index (χ4v) is 3.43. The van der Waals surface area contributed by atoms with Crippen LogP contribution in [0.1, 0.15) is 38.2 Å². The van der Waals surface area contributed by atoms with E-state index in [9.17, 15) is 9.00 Å². The van der Waals surface area contributed by atoms with E-state index in [1.165, 1.54) is 0 Å². The summed E-state index contributed by atoms with van der Waals surface area (Å²) >= 11 is 0. The predicted molar refractivity (Wildman–Crippen MR) is 88.0 cm³/mol. The standard InChI is InChI=1S/C16H24N2O2S/c1-11(8-9-21(3)20)18-16(19)14-10-12(2)17-15-7-5-4-6-13(14)15/h4-7,11-12,14,17H,8-10H2,1-3H3,(H,18,19). The lowest BCUT2D eigenvalue weighted by molar-refractivity contribution is -0.123. The number of carbonyl (C=O) groups is 1. The van der Waals surface area contributed by atoms with E-state index in [0.717, 1.165) is 24.1 Å². The topological polar surface area (TPSA) is 58.2 Å². The van der Waals surface area contributed by atoms with Crippen LogP contribution in [0.15, 0.2) is 24.3 Å². The van der Waals surface area contributed by atoms with Crippen molar-refractivity contribution < 1.29 is 9.00 Å². The van der Waals surface area contributed by atoms with Gasteiger partial charge in [0.25, 0.3) is 0 Å². The largest absolute Gasteiger partial charge is 0.382 e. The molecule has 1 aliphatic rings. The molecule has 0 saturated carbocycles. The van der Waals surface area contributed by atoms with Crippen LogP contribution in [0.5, 0.6) is 0 Å². The molecule has 2 N–H and O–H groups in total. The lowest BCUT2D eigenvalue weighted by atomic mass is 9.86. The predicted octanol–water partition coefficient (Wildman–Crippen LogP) is 2.25. The Bertz CT molecular complexity index is 533. The summed E-state index contributed by atoms with van der Waals surface area (Å²) in [7, 11) is -0.809. The van der Waals surface area contributed by atoms with Crippen molar-refractivity contribution in [1.29, 1.82) is 0 Å². The van der Waals surface area contributed by atoms with Crippen LogP contribution < -0.4 is 10.6 Å². The van der Waals surface area contributed by atoms with Crippen LogP contribution in [0.2, 0.25) is 0 Å². The van der Waals surface area contributed by atoms with E-state index < -0.39 is 10.8 Å². The Labute approximate surface area is 129 Å². The zero-order chi connectivity index (χ0) is 15.4. The van der Waals surface area contributed by atoms with Crippen molar-refractivity contribution in [2.45, 2.75) is 44.7 Å². The maximum absolute atomic E-state index is 12.5. The first kappa shape index (κ1) is 16.0. The number of fused-ring (bicyclic) bond motifs is 1. The molecule has 1 aromatic rings. The minimum atomic E-state index is -0.809. The van der Waals surface area contributed by atoms with Gasteiger partial charge in [-0.2, -0.15) is 0 Å². The summed E-state index contributed by atoms with van der Waals surface area (Å²) in [5.41, 5.74) is 2.12. The van der Waals surface area contributed by atoms with Gasteiger partial charge in [0.05, 0.1) is 5.92 Å². The number of amides is 1. The number of hydrogen-bond acceptors (Lipinski definition) is 3. The highest BCUT2D eigenvalue weighted by atomic mass is 32.2. The molecule has 2 rings (SSSR count). The van der Waals surface area contributed by atoms with Crippen LogP contribution >= 0.6 is 0 Å². The first-order valence-electron chi connectivity index (χ1n) is 7.43. The Morgan fingerprint density at radius 2 is 2.19 bits per heavy atom. The average Bonchev–Trinajstić information content (AvgIpc) is 2.44. The van der Waals surface area contributed by atoms with Crippen molar-refractivity contribution in [2.24, 2.45) is 0 Å². The number of anilines is 1. The van der Waals surface area contributed by atoms with E-state index in [1.807, 2.05) is 31.2 Å². The maximum atomic E-state index is 12.5. The van der Waals surface area contributed by atoms with Gasteiger partial charge < -0.3 is 10.6 Å². The van der Waals surface area contributed by atoms with Crippen LogP contribution in [0, 0.1) is 0 Å². The molecule has 21 heavy (non-hydrogen) atoms. The molecule has 0 fully saturated rings. The number of benzene rings is 1. The highest BCUT2D eigenvalue weighted by molar-refractivity contribution is 7.84. The molecule has 0 spiro atoms. The van der Waals surface area contributed by atoms with E-state index in [-0.39, 0.29) is 23.9 Å². The van der Waals surface area contributed by atoms with Gasteiger partial charge in [0.15, 0.2) is 0 Å². The monoisotopic (exact) mass is 308 g/mol. The lowest BCUT2D eigenvalue weighted by Gasteiger charge is -2.31. The van der Waals surface area contributed by atoms with E-state index in [0.29, 0.717) is 5.75 Å². The van der Waals surface area contributed by atoms with Crippen LogP contribution in [-0.4, -0.2) is 34.2 Å². The summed E-state index contributed by atoms with van der Waals surface area (Å²) in [5.74, 6) is 0.595. The zero-order valence-corrected chi connectivity index (χ0v) is 13.7. The molecule has 4 nitrogen and oxygen atoms in total.